The lowest BCUT2D eigenvalue weighted by molar-refractivity contribution is -0.124. The number of carbonyl (C=O) groups is 1. The fraction of sp³-hybridized carbons (Fsp3) is 0.923. The number of ketones is 1. The minimum absolute atomic E-state index is 0.234. The van der Waals surface area contributed by atoms with Crippen LogP contribution < -0.4 is 0 Å². The van der Waals surface area contributed by atoms with E-state index in [0.29, 0.717) is 12.2 Å². The van der Waals surface area contributed by atoms with Crippen molar-refractivity contribution in [2.45, 2.75) is 70.8 Å². The van der Waals surface area contributed by atoms with Gasteiger partial charge in [-0.1, -0.05) is 32.6 Å². The summed E-state index contributed by atoms with van der Waals surface area (Å²) in [7, 11) is 0. The second-order valence-corrected chi connectivity index (χ2v) is 4.54. The molecule has 0 aromatic heterocycles. The van der Waals surface area contributed by atoms with Crippen molar-refractivity contribution in [1.29, 1.82) is 0 Å². The van der Waals surface area contributed by atoms with Gasteiger partial charge >= 0.3 is 0 Å². The van der Waals surface area contributed by atoms with Crippen LogP contribution in [0.4, 0.5) is 0 Å². The molecule has 1 unspecified atom stereocenters. The molecule has 2 heteroatoms. The fourth-order valence-electron chi connectivity index (χ4n) is 2.08. The van der Waals surface area contributed by atoms with Crippen molar-refractivity contribution in [2.75, 3.05) is 6.61 Å². The van der Waals surface area contributed by atoms with Crippen LogP contribution in [0.25, 0.3) is 0 Å². The molecule has 1 fully saturated rings. The van der Waals surface area contributed by atoms with Crippen LogP contribution in [0.2, 0.25) is 0 Å². The van der Waals surface area contributed by atoms with E-state index in [0.717, 1.165) is 32.3 Å². The van der Waals surface area contributed by atoms with Gasteiger partial charge in [-0.3, -0.25) is 4.79 Å². The van der Waals surface area contributed by atoms with Gasteiger partial charge in [-0.15, -0.1) is 0 Å². The molecule has 0 heterocycles. The molecule has 1 aliphatic carbocycles. The number of hydrogen-bond acceptors (Lipinski definition) is 2. The molecule has 0 aliphatic heterocycles. The zero-order chi connectivity index (χ0) is 10.9. The Kier molecular flexibility index (Phi) is 6.66. The predicted octanol–water partition coefficient (Wildman–Crippen LogP) is 3.49. The third-order valence-corrected chi connectivity index (χ3v) is 3.04. The van der Waals surface area contributed by atoms with E-state index in [1.807, 2.05) is 0 Å². The maximum atomic E-state index is 11.2. The lowest BCUT2D eigenvalue weighted by Gasteiger charge is -2.21. The van der Waals surface area contributed by atoms with E-state index in [1.165, 1.54) is 25.7 Å². The second kappa shape index (κ2) is 7.86. The largest absolute Gasteiger partial charge is 0.378 e. The summed E-state index contributed by atoms with van der Waals surface area (Å²) in [5.41, 5.74) is 0. The molecular weight excluding hydrogens is 188 g/mol. The first-order valence-electron chi connectivity index (χ1n) is 6.46. The molecule has 2 nitrogen and oxygen atoms in total. The van der Waals surface area contributed by atoms with Gasteiger partial charge in [0.1, 0.15) is 5.78 Å². The van der Waals surface area contributed by atoms with Crippen molar-refractivity contribution in [3.05, 3.63) is 0 Å². The van der Waals surface area contributed by atoms with Gasteiger partial charge in [-0.25, -0.2) is 0 Å². The number of unbranched alkanes of at least 4 members (excludes halogenated alkanes) is 4. The maximum Gasteiger partial charge on any atom is 0.135 e. The summed E-state index contributed by atoms with van der Waals surface area (Å²) < 4.78 is 5.71. The van der Waals surface area contributed by atoms with Gasteiger partial charge in [0.25, 0.3) is 0 Å². The minimum Gasteiger partial charge on any atom is -0.378 e. The molecule has 1 rings (SSSR count). The molecule has 1 atom stereocenters. The summed E-state index contributed by atoms with van der Waals surface area (Å²) in [6.07, 6.45) is 10.2. The van der Waals surface area contributed by atoms with Gasteiger partial charge in [0.15, 0.2) is 0 Å². The molecule has 0 bridgehead atoms. The van der Waals surface area contributed by atoms with Crippen molar-refractivity contribution >= 4 is 5.78 Å². The van der Waals surface area contributed by atoms with Gasteiger partial charge in [0.05, 0.1) is 6.10 Å². The number of hydrogen-bond donors (Lipinski definition) is 0. The molecule has 0 amide bonds. The molecule has 15 heavy (non-hydrogen) atoms. The first-order chi connectivity index (χ1) is 7.33. The van der Waals surface area contributed by atoms with Crippen molar-refractivity contribution < 1.29 is 9.53 Å². The highest BCUT2D eigenvalue weighted by Gasteiger charge is 2.19. The summed E-state index contributed by atoms with van der Waals surface area (Å²) in [5.74, 6) is 0.386. The predicted molar refractivity (Wildman–Crippen MR) is 62.0 cm³/mol. The number of ether oxygens (including phenoxy) is 1. The Labute approximate surface area is 93.4 Å². The zero-order valence-electron chi connectivity index (χ0n) is 9.96. The second-order valence-electron chi connectivity index (χ2n) is 4.54. The Morgan fingerprint density at radius 3 is 2.80 bits per heavy atom. The highest BCUT2D eigenvalue weighted by atomic mass is 16.5. The van der Waals surface area contributed by atoms with Crippen LogP contribution in [0.15, 0.2) is 0 Å². The van der Waals surface area contributed by atoms with E-state index >= 15 is 0 Å². The van der Waals surface area contributed by atoms with Gasteiger partial charge < -0.3 is 4.74 Å². The molecule has 0 spiro atoms. The Bertz CT molecular complexity index is 177. The summed E-state index contributed by atoms with van der Waals surface area (Å²) in [5, 5.41) is 0. The Morgan fingerprint density at radius 2 is 2.07 bits per heavy atom. The van der Waals surface area contributed by atoms with Crippen LogP contribution in [-0.4, -0.2) is 18.5 Å². The fourth-order valence-corrected chi connectivity index (χ4v) is 2.08. The Balaban J connectivity index is 1.92. The molecule has 1 aliphatic rings. The lowest BCUT2D eigenvalue weighted by atomic mass is 9.96. The van der Waals surface area contributed by atoms with Crippen LogP contribution in [-0.2, 0) is 9.53 Å². The first-order valence-corrected chi connectivity index (χ1v) is 6.46. The van der Waals surface area contributed by atoms with Gasteiger partial charge in [-0.05, 0) is 19.3 Å². The normalized spacial score (nSPS) is 21.9. The smallest absolute Gasteiger partial charge is 0.135 e. The van der Waals surface area contributed by atoms with Crippen LogP contribution in [0.1, 0.15) is 64.7 Å². The van der Waals surface area contributed by atoms with E-state index < -0.39 is 0 Å². The van der Waals surface area contributed by atoms with Crippen molar-refractivity contribution in [3.8, 4) is 0 Å². The topological polar surface area (TPSA) is 26.3 Å². The monoisotopic (exact) mass is 212 g/mol. The van der Waals surface area contributed by atoms with Crippen LogP contribution >= 0.6 is 0 Å². The van der Waals surface area contributed by atoms with Crippen LogP contribution in [0.3, 0.4) is 0 Å². The molecule has 0 N–H and O–H groups in total. The Hall–Kier alpha value is -0.370. The number of rotatable bonds is 7. The van der Waals surface area contributed by atoms with Gasteiger partial charge in [0.2, 0.25) is 0 Å². The summed E-state index contributed by atoms with van der Waals surface area (Å²) >= 11 is 0. The van der Waals surface area contributed by atoms with Gasteiger partial charge in [-0.2, -0.15) is 0 Å². The SMILES string of the molecule is CCCCCCCOC1CCCC(=O)C1. The molecule has 0 aromatic carbocycles. The summed E-state index contributed by atoms with van der Waals surface area (Å²) in [6, 6.07) is 0. The first kappa shape index (κ1) is 12.7. The van der Waals surface area contributed by atoms with Crippen LogP contribution in [0, 0.1) is 0 Å². The third-order valence-electron chi connectivity index (χ3n) is 3.04. The zero-order valence-corrected chi connectivity index (χ0v) is 9.96. The Morgan fingerprint density at radius 1 is 1.27 bits per heavy atom. The highest BCUT2D eigenvalue weighted by molar-refractivity contribution is 5.79. The van der Waals surface area contributed by atoms with E-state index in [4.69, 9.17) is 4.74 Å². The highest BCUT2D eigenvalue weighted by Crippen LogP contribution is 2.18. The standard InChI is InChI=1S/C13H24O2/c1-2-3-4-5-6-10-15-13-9-7-8-12(14)11-13/h13H,2-11H2,1H3. The lowest BCUT2D eigenvalue weighted by Crippen LogP contribution is -2.23. The molecule has 0 radical (unpaired) electrons. The molecule has 1 saturated carbocycles. The quantitative estimate of drug-likeness (QED) is 0.604. The number of Topliss-reactive ketones (excluding diaryl/α,β-unsaturated/α-hetero) is 1. The maximum absolute atomic E-state index is 11.2. The summed E-state index contributed by atoms with van der Waals surface area (Å²) in [4.78, 5) is 11.2. The number of carbonyl (C=O) groups excluding carboxylic acids is 1. The van der Waals surface area contributed by atoms with Crippen molar-refractivity contribution in [2.24, 2.45) is 0 Å². The van der Waals surface area contributed by atoms with Crippen molar-refractivity contribution in [1.82, 2.24) is 0 Å². The van der Waals surface area contributed by atoms with Gasteiger partial charge in [0, 0.05) is 19.4 Å². The van der Waals surface area contributed by atoms with E-state index in [2.05, 4.69) is 6.92 Å². The minimum atomic E-state index is 0.234. The van der Waals surface area contributed by atoms with Crippen molar-refractivity contribution in [3.63, 3.8) is 0 Å². The van der Waals surface area contributed by atoms with Crippen LogP contribution in [0.5, 0.6) is 0 Å². The van der Waals surface area contributed by atoms with E-state index in [1.54, 1.807) is 0 Å². The van der Waals surface area contributed by atoms with E-state index in [-0.39, 0.29) is 6.10 Å². The third kappa shape index (κ3) is 5.93. The average Bonchev–Trinajstić information content (AvgIpc) is 2.23. The average molecular weight is 212 g/mol. The summed E-state index contributed by atoms with van der Waals surface area (Å²) in [6.45, 7) is 3.08. The molecule has 0 saturated heterocycles. The molecular formula is C13H24O2. The molecule has 88 valence electrons. The molecule has 0 aromatic rings. The van der Waals surface area contributed by atoms with E-state index in [9.17, 15) is 4.79 Å².